The van der Waals surface area contributed by atoms with Gasteiger partial charge in [0.15, 0.2) is 0 Å². The van der Waals surface area contributed by atoms with E-state index in [1.807, 2.05) is 0 Å². The van der Waals surface area contributed by atoms with Crippen LogP contribution in [-0.4, -0.2) is 77.2 Å². The Bertz CT molecular complexity index is 2390. The molecule has 5 aromatic rings. The van der Waals surface area contributed by atoms with E-state index in [-0.39, 0.29) is 57.4 Å². The molecular weight excluding hydrogens is 738 g/mol. The Morgan fingerprint density at radius 1 is 1.00 bits per heavy atom. The number of amides is 2. The Labute approximate surface area is 305 Å². The van der Waals surface area contributed by atoms with Crippen molar-refractivity contribution in [3.63, 3.8) is 0 Å². The lowest BCUT2D eigenvalue weighted by atomic mass is 10.0. The summed E-state index contributed by atoms with van der Waals surface area (Å²) in [6.45, 7) is -1.51. The fourth-order valence-corrected chi connectivity index (χ4v) is 7.47. The van der Waals surface area contributed by atoms with E-state index >= 15 is 0 Å². The van der Waals surface area contributed by atoms with Gasteiger partial charge < -0.3 is 15.0 Å². The van der Waals surface area contributed by atoms with Crippen molar-refractivity contribution in [2.45, 2.75) is 17.4 Å². The number of sulfonamides is 1. The maximum atomic E-state index is 14.4. The lowest BCUT2D eigenvalue weighted by molar-refractivity contribution is -0.384. The summed E-state index contributed by atoms with van der Waals surface area (Å²) >= 11 is 6.24. The summed E-state index contributed by atoms with van der Waals surface area (Å²) in [4.78, 5) is 56.9. The van der Waals surface area contributed by atoms with Gasteiger partial charge in [0.05, 0.1) is 52.7 Å². The number of non-ortho nitro benzene ring substituents is 1. The van der Waals surface area contributed by atoms with Crippen LogP contribution in [0.3, 0.4) is 0 Å². The molecule has 53 heavy (non-hydrogen) atoms. The summed E-state index contributed by atoms with van der Waals surface area (Å²) in [5, 5.41) is 14.2. The van der Waals surface area contributed by atoms with E-state index < -0.39 is 63.1 Å². The van der Waals surface area contributed by atoms with Gasteiger partial charge in [0.1, 0.15) is 23.2 Å². The van der Waals surface area contributed by atoms with E-state index in [1.165, 1.54) is 29.9 Å². The highest BCUT2D eigenvalue weighted by Crippen LogP contribution is 2.26. The molecule has 6 rings (SSSR count). The molecule has 1 atom stereocenters. The number of methoxy groups -OCH3 is 1. The topological polar surface area (TPSA) is 174 Å². The van der Waals surface area contributed by atoms with Crippen LogP contribution in [-0.2, 0) is 26.0 Å². The first kappa shape index (κ1) is 37.0. The minimum absolute atomic E-state index is 0.0155. The Kier molecular flexibility index (Phi) is 10.5. The summed E-state index contributed by atoms with van der Waals surface area (Å²) in [5.74, 6) is -2.71. The van der Waals surface area contributed by atoms with Crippen molar-refractivity contribution in [2.24, 2.45) is 0 Å². The molecule has 1 aromatic heterocycles. The lowest BCUT2D eigenvalue weighted by Crippen LogP contribution is -2.54. The Morgan fingerprint density at radius 3 is 2.30 bits per heavy atom. The van der Waals surface area contributed by atoms with E-state index in [9.17, 15) is 41.7 Å². The van der Waals surface area contributed by atoms with Crippen LogP contribution in [0.15, 0.2) is 94.6 Å². The lowest BCUT2D eigenvalue weighted by Gasteiger charge is -2.33. The van der Waals surface area contributed by atoms with Crippen molar-refractivity contribution < 1.29 is 36.4 Å². The Morgan fingerprint density at radius 2 is 1.68 bits per heavy atom. The monoisotopic (exact) mass is 766 g/mol. The number of benzene rings is 4. The van der Waals surface area contributed by atoms with Crippen LogP contribution < -0.4 is 15.6 Å². The zero-order chi connectivity index (χ0) is 38.0. The predicted molar refractivity (Wildman–Crippen MR) is 188 cm³/mol. The van der Waals surface area contributed by atoms with Crippen LogP contribution in [0, 0.1) is 21.7 Å². The number of carbonyl (C=O) groups excluding carboxylic acids is 2. The van der Waals surface area contributed by atoms with Gasteiger partial charge in [-0.05, 0) is 72.3 Å². The summed E-state index contributed by atoms with van der Waals surface area (Å²) in [6, 6.07) is 16.7. The number of hydrogen-bond acceptors (Lipinski definition) is 9. The van der Waals surface area contributed by atoms with Crippen molar-refractivity contribution >= 4 is 50.0 Å². The molecule has 14 nitrogen and oxygen atoms in total. The molecule has 274 valence electrons. The Balaban J connectivity index is 1.31. The number of nitro benzene ring substituents is 1. The molecule has 4 aromatic carbocycles. The molecule has 2 heterocycles. The third-order valence-electron chi connectivity index (χ3n) is 8.50. The van der Waals surface area contributed by atoms with E-state index in [2.05, 4.69) is 5.32 Å². The summed E-state index contributed by atoms with van der Waals surface area (Å²) in [6.07, 6.45) is -0.246. The first-order chi connectivity index (χ1) is 25.2. The van der Waals surface area contributed by atoms with Gasteiger partial charge >= 0.3 is 0 Å². The first-order valence-electron chi connectivity index (χ1n) is 15.9. The molecular formula is C35H29ClF2N6O8S. The van der Waals surface area contributed by atoms with Crippen molar-refractivity contribution in [1.29, 1.82) is 0 Å². The number of carbonyl (C=O) groups is 2. The van der Waals surface area contributed by atoms with Crippen molar-refractivity contribution in [3.05, 3.63) is 133 Å². The average Bonchev–Trinajstić information content (AvgIpc) is 3.11. The minimum atomic E-state index is -4.20. The van der Waals surface area contributed by atoms with Crippen LogP contribution in [0.5, 0.6) is 5.75 Å². The normalized spacial score (nSPS) is 14.3. The van der Waals surface area contributed by atoms with Gasteiger partial charge in [0.25, 0.3) is 11.2 Å². The van der Waals surface area contributed by atoms with Crippen LogP contribution in [0.25, 0.3) is 16.6 Å². The maximum absolute atomic E-state index is 14.4. The molecule has 0 spiro atoms. The van der Waals surface area contributed by atoms with Crippen molar-refractivity contribution in [1.82, 2.24) is 24.1 Å². The van der Waals surface area contributed by atoms with Gasteiger partial charge in [-0.3, -0.25) is 29.1 Å². The second-order valence-electron chi connectivity index (χ2n) is 12.0. The fourth-order valence-electron chi connectivity index (χ4n) is 5.92. The quantitative estimate of drug-likeness (QED) is 0.153. The zero-order valence-electron chi connectivity index (χ0n) is 27.7. The van der Waals surface area contributed by atoms with Crippen LogP contribution in [0.2, 0.25) is 5.02 Å². The number of fused-ring (bicyclic) bond motifs is 1. The first-order valence-corrected chi connectivity index (χ1v) is 17.7. The largest absolute Gasteiger partial charge is 0.497 e. The zero-order valence-corrected chi connectivity index (χ0v) is 29.3. The molecule has 0 radical (unpaired) electrons. The van der Waals surface area contributed by atoms with E-state index in [0.717, 1.165) is 45.6 Å². The average molecular weight is 767 g/mol. The number of aromatic nitrogens is 2. The number of ether oxygens (including phenoxy) is 1. The van der Waals surface area contributed by atoms with Gasteiger partial charge in [-0.2, -0.15) is 4.31 Å². The van der Waals surface area contributed by atoms with Gasteiger partial charge in [0.2, 0.25) is 21.8 Å². The number of nitrogens with zero attached hydrogens (tertiary/aromatic N) is 5. The highest BCUT2D eigenvalue weighted by Gasteiger charge is 2.34. The standard InChI is InChI=1S/C35H29ClF2N6O8S/c1-52-27-7-3-25(4-8-27)43-34(40-30-17-22(36)2-11-29(30)35(43)47)31(16-21-14-23(37)18-24(38)15-21)39-32(45)19-41-12-13-42(20-33(41)46)53(50,51)28-9-5-26(6-10-28)44(48)49/h2-11,14-15,17-18,31H,12-13,16,19-20H2,1H3,(H,39,45)/t31-/m0/s1. The molecule has 0 bridgehead atoms. The van der Waals surface area contributed by atoms with Crippen LogP contribution in [0.1, 0.15) is 17.4 Å². The third kappa shape index (κ3) is 8.01. The number of rotatable bonds is 11. The molecule has 1 N–H and O–H groups in total. The minimum Gasteiger partial charge on any atom is -0.497 e. The molecule has 1 aliphatic heterocycles. The highest BCUT2D eigenvalue weighted by molar-refractivity contribution is 7.89. The number of nitro groups is 1. The van der Waals surface area contributed by atoms with E-state index in [1.54, 1.807) is 24.3 Å². The molecule has 0 unspecified atom stereocenters. The summed E-state index contributed by atoms with van der Waals surface area (Å²) in [5.41, 5.74) is -0.194. The maximum Gasteiger partial charge on any atom is 0.269 e. The van der Waals surface area contributed by atoms with Gasteiger partial charge in [0, 0.05) is 42.7 Å². The number of nitrogens with one attached hydrogen (secondary N) is 1. The SMILES string of the molecule is COc1ccc(-n2c([C@H](Cc3cc(F)cc(F)c3)NC(=O)CN3CCN(S(=O)(=O)c4ccc([N+](=O)[O-])cc4)CC3=O)nc3cc(Cl)ccc3c2=O)cc1. The Hall–Kier alpha value is -5.78. The summed E-state index contributed by atoms with van der Waals surface area (Å²) < 4.78 is 62.5. The van der Waals surface area contributed by atoms with Crippen LogP contribution >= 0.6 is 11.6 Å². The number of hydrogen-bond donors (Lipinski definition) is 1. The van der Waals surface area contributed by atoms with Gasteiger partial charge in [-0.15, -0.1) is 0 Å². The number of halogens is 3. The highest BCUT2D eigenvalue weighted by atomic mass is 35.5. The molecule has 1 aliphatic rings. The van der Waals surface area contributed by atoms with Crippen molar-refractivity contribution in [2.75, 3.05) is 33.3 Å². The molecule has 1 fully saturated rings. The fraction of sp³-hybridized carbons (Fsp3) is 0.200. The molecule has 0 saturated carbocycles. The predicted octanol–water partition coefficient (Wildman–Crippen LogP) is 4.17. The molecule has 1 saturated heterocycles. The molecule has 2 amide bonds. The van der Waals surface area contributed by atoms with Crippen molar-refractivity contribution in [3.8, 4) is 11.4 Å². The van der Waals surface area contributed by atoms with E-state index in [4.69, 9.17) is 21.3 Å². The number of piperazine rings is 1. The third-order valence-corrected chi connectivity index (χ3v) is 10.6. The smallest absolute Gasteiger partial charge is 0.269 e. The molecule has 18 heteroatoms. The molecule has 0 aliphatic carbocycles. The second-order valence-corrected chi connectivity index (χ2v) is 14.4. The summed E-state index contributed by atoms with van der Waals surface area (Å²) in [7, 11) is -2.73. The van der Waals surface area contributed by atoms with Crippen LogP contribution in [0.4, 0.5) is 14.5 Å². The second kappa shape index (κ2) is 15.1. The van der Waals surface area contributed by atoms with Gasteiger partial charge in [-0.25, -0.2) is 22.2 Å². The van der Waals surface area contributed by atoms with Gasteiger partial charge in [-0.1, -0.05) is 11.6 Å². The van der Waals surface area contributed by atoms with E-state index in [0.29, 0.717) is 17.5 Å².